The van der Waals surface area contributed by atoms with Gasteiger partial charge in [0.25, 0.3) is 0 Å². The first-order valence-corrected chi connectivity index (χ1v) is 8.47. The molecular formula is C21H39NO. The summed E-state index contributed by atoms with van der Waals surface area (Å²) in [7, 11) is 6.00. The highest BCUT2D eigenvalue weighted by molar-refractivity contribution is 5.51. The van der Waals surface area contributed by atoms with Crippen LogP contribution in [-0.4, -0.2) is 31.1 Å². The van der Waals surface area contributed by atoms with Gasteiger partial charge in [0.15, 0.2) is 0 Å². The average Bonchev–Trinajstić information content (AvgIpc) is 2.23. The van der Waals surface area contributed by atoms with Gasteiger partial charge in [-0.1, -0.05) is 74.4 Å². The fraction of sp³-hybridized carbons (Fsp3) is 0.714. The Morgan fingerprint density at radius 3 is 1.09 bits per heavy atom. The van der Waals surface area contributed by atoms with E-state index in [1.807, 2.05) is 26.0 Å². The first-order chi connectivity index (χ1) is 9.98. The molecule has 0 amide bonds. The van der Waals surface area contributed by atoms with Crippen molar-refractivity contribution in [2.75, 3.05) is 21.1 Å². The number of phenols is 1. The number of aromatic hydroxyl groups is 1. The maximum atomic E-state index is 10.7. The van der Waals surface area contributed by atoms with Crippen molar-refractivity contribution in [1.82, 2.24) is 4.90 Å². The van der Waals surface area contributed by atoms with Crippen LogP contribution in [-0.2, 0) is 16.2 Å². The van der Waals surface area contributed by atoms with Crippen molar-refractivity contribution < 1.29 is 5.11 Å². The molecule has 1 rings (SSSR count). The Labute approximate surface area is 144 Å². The SMILES string of the molecule is CC(C)(C)c1cc(C(C)(C)C)c(O)c(C(C)(C)C)c1.CN(C)C. The summed E-state index contributed by atoms with van der Waals surface area (Å²) in [4.78, 5) is 2.00. The summed E-state index contributed by atoms with van der Waals surface area (Å²) in [6.07, 6.45) is 0. The first kappa shape index (κ1) is 22.0. The Kier molecular flexibility index (Phi) is 6.93. The van der Waals surface area contributed by atoms with Gasteiger partial charge in [0.05, 0.1) is 0 Å². The Hall–Kier alpha value is -1.02. The van der Waals surface area contributed by atoms with Gasteiger partial charge in [-0.15, -0.1) is 0 Å². The van der Waals surface area contributed by atoms with E-state index in [-0.39, 0.29) is 16.2 Å². The van der Waals surface area contributed by atoms with Crippen LogP contribution in [0.3, 0.4) is 0 Å². The third kappa shape index (κ3) is 6.95. The van der Waals surface area contributed by atoms with Crippen LogP contribution in [0.5, 0.6) is 5.75 Å². The standard InChI is InChI=1S/C18H30O.C3H9N/c1-16(2,3)12-10-13(17(4,5)6)15(19)14(11-12)18(7,8)9;1-4(2)3/h10-11,19H,1-9H3;1-3H3. The molecule has 0 spiro atoms. The molecule has 0 saturated carbocycles. The van der Waals surface area contributed by atoms with Crippen molar-refractivity contribution in [2.45, 2.75) is 78.6 Å². The summed E-state index contributed by atoms with van der Waals surface area (Å²) in [6, 6.07) is 4.34. The molecule has 0 unspecified atom stereocenters. The molecule has 0 aromatic heterocycles. The Bertz CT molecular complexity index is 470. The van der Waals surface area contributed by atoms with Crippen molar-refractivity contribution in [1.29, 1.82) is 0 Å². The van der Waals surface area contributed by atoms with Crippen LogP contribution >= 0.6 is 0 Å². The van der Waals surface area contributed by atoms with Gasteiger partial charge in [-0.3, -0.25) is 0 Å². The predicted molar refractivity (Wildman–Crippen MR) is 104 cm³/mol. The molecule has 0 fully saturated rings. The molecule has 2 heteroatoms. The third-order valence-corrected chi connectivity index (χ3v) is 3.59. The summed E-state index contributed by atoms with van der Waals surface area (Å²) >= 11 is 0. The highest BCUT2D eigenvalue weighted by Gasteiger charge is 2.28. The lowest BCUT2D eigenvalue weighted by atomic mass is 9.75. The summed E-state index contributed by atoms with van der Waals surface area (Å²) in [6.45, 7) is 19.6. The van der Waals surface area contributed by atoms with Crippen LogP contribution in [0.4, 0.5) is 0 Å². The number of rotatable bonds is 0. The van der Waals surface area contributed by atoms with Crippen LogP contribution in [0.2, 0.25) is 0 Å². The molecular weight excluding hydrogens is 282 g/mol. The van der Waals surface area contributed by atoms with Gasteiger partial charge in [-0.05, 0) is 54.1 Å². The number of nitrogens with zero attached hydrogens (tertiary/aromatic N) is 1. The van der Waals surface area contributed by atoms with Crippen LogP contribution in [0.1, 0.15) is 79.0 Å². The molecule has 0 aliphatic carbocycles. The van der Waals surface area contributed by atoms with E-state index in [1.165, 1.54) is 5.56 Å². The monoisotopic (exact) mass is 321 g/mol. The molecule has 0 bridgehead atoms. The zero-order chi connectivity index (χ0) is 18.8. The van der Waals surface area contributed by atoms with Gasteiger partial charge in [-0.2, -0.15) is 0 Å². The largest absolute Gasteiger partial charge is 0.507 e. The van der Waals surface area contributed by atoms with Crippen molar-refractivity contribution in [3.63, 3.8) is 0 Å². The average molecular weight is 322 g/mol. The lowest BCUT2D eigenvalue weighted by molar-refractivity contribution is 0.421. The molecule has 0 heterocycles. The topological polar surface area (TPSA) is 23.5 Å². The van der Waals surface area contributed by atoms with Gasteiger partial charge in [0, 0.05) is 0 Å². The minimum atomic E-state index is -0.0503. The minimum absolute atomic E-state index is 0.0503. The molecule has 0 aliphatic heterocycles. The highest BCUT2D eigenvalue weighted by atomic mass is 16.3. The van der Waals surface area contributed by atoms with E-state index >= 15 is 0 Å². The van der Waals surface area contributed by atoms with E-state index in [1.54, 1.807) is 0 Å². The maximum Gasteiger partial charge on any atom is 0.123 e. The second-order valence-electron chi connectivity index (χ2n) is 10.0. The van der Waals surface area contributed by atoms with Crippen LogP contribution in [0.25, 0.3) is 0 Å². The van der Waals surface area contributed by atoms with Crippen molar-refractivity contribution in [2.24, 2.45) is 0 Å². The van der Waals surface area contributed by atoms with Crippen LogP contribution in [0.15, 0.2) is 12.1 Å². The van der Waals surface area contributed by atoms with E-state index in [2.05, 4.69) is 74.4 Å². The van der Waals surface area contributed by atoms with Crippen LogP contribution < -0.4 is 0 Å². The van der Waals surface area contributed by atoms with E-state index in [0.29, 0.717) is 5.75 Å². The van der Waals surface area contributed by atoms with Crippen molar-refractivity contribution in [3.05, 3.63) is 28.8 Å². The summed E-state index contributed by atoms with van der Waals surface area (Å²) in [5, 5.41) is 10.7. The lowest BCUT2D eigenvalue weighted by Gasteiger charge is -2.31. The predicted octanol–water partition coefficient (Wildman–Crippen LogP) is 5.46. The van der Waals surface area contributed by atoms with Crippen molar-refractivity contribution in [3.8, 4) is 5.75 Å². The Morgan fingerprint density at radius 2 is 0.913 bits per heavy atom. The Morgan fingerprint density at radius 1 is 0.652 bits per heavy atom. The molecule has 0 saturated heterocycles. The van der Waals surface area contributed by atoms with Gasteiger partial charge in [-0.25, -0.2) is 0 Å². The summed E-state index contributed by atoms with van der Waals surface area (Å²) in [5.41, 5.74) is 3.37. The highest BCUT2D eigenvalue weighted by Crippen LogP contribution is 2.41. The molecule has 23 heavy (non-hydrogen) atoms. The molecule has 1 aromatic carbocycles. The number of phenolic OH excluding ortho intramolecular Hbond substituents is 1. The van der Waals surface area contributed by atoms with Gasteiger partial charge in [0.2, 0.25) is 0 Å². The van der Waals surface area contributed by atoms with Crippen molar-refractivity contribution >= 4 is 0 Å². The molecule has 1 aromatic rings. The van der Waals surface area contributed by atoms with E-state index < -0.39 is 0 Å². The maximum absolute atomic E-state index is 10.7. The smallest absolute Gasteiger partial charge is 0.123 e. The second kappa shape index (κ2) is 7.25. The zero-order valence-electron chi connectivity index (χ0n) is 17.5. The normalized spacial score (nSPS) is 12.9. The van der Waals surface area contributed by atoms with Crippen LogP contribution in [0, 0.1) is 0 Å². The van der Waals surface area contributed by atoms with E-state index in [0.717, 1.165) is 11.1 Å². The molecule has 134 valence electrons. The molecule has 0 radical (unpaired) electrons. The number of hydrogen-bond donors (Lipinski definition) is 1. The summed E-state index contributed by atoms with van der Waals surface area (Å²) < 4.78 is 0. The molecule has 1 N–H and O–H groups in total. The molecule has 0 aliphatic rings. The lowest BCUT2D eigenvalue weighted by Crippen LogP contribution is -2.21. The first-order valence-electron chi connectivity index (χ1n) is 8.47. The van der Waals surface area contributed by atoms with Gasteiger partial charge >= 0.3 is 0 Å². The third-order valence-electron chi connectivity index (χ3n) is 3.59. The number of benzene rings is 1. The molecule has 2 nitrogen and oxygen atoms in total. The van der Waals surface area contributed by atoms with E-state index in [4.69, 9.17) is 0 Å². The van der Waals surface area contributed by atoms with E-state index in [9.17, 15) is 5.11 Å². The molecule has 0 atom stereocenters. The minimum Gasteiger partial charge on any atom is -0.507 e. The van der Waals surface area contributed by atoms with Gasteiger partial charge < -0.3 is 10.0 Å². The zero-order valence-corrected chi connectivity index (χ0v) is 17.5. The fourth-order valence-electron chi connectivity index (χ4n) is 2.21. The Balaban J connectivity index is 0.00000108. The van der Waals surface area contributed by atoms with Gasteiger partial charge in [0.1, 0.15) is 5.75 Å². The number of hydrogen-bond acceptors (Lipinski definition) is 2. The summed E-state index contributed by atoms with van der Waals surface area (Å²) in [5.74, 6) is 0.466. The quantitative estimate of drug-likeness (QED) is 0.685. The second-order valence-corrected chi connectivity index (χ2v) is 10.0. The fourth-order valence-corrected chi connectivity index (χ4v) is 2.21.